The Bertz CT molecular complexity index is 368. The summed E-state index contributed by atoms with van der Waals surface area (Å²) < 4.78 is 4.93. The molecule has 146 valence electrons. The molecule has 1 aliphatic heterocycles. The number of aliphatic imine (C=N–C) groups is 1. The average Bonchev–Trinajstić information content (AvgIpc) is 2.62. The van der Waals surface area contributed by atoms with Crippen molar-refractivity contribution >= 4 is 11.9 Å². The third kappa shape index (κ3) is 11.8. The number of guanidine groups is 1. The van der Waals surface area contributed by atoms with Crippen LogP contribution in [0.25, 0.3) is 0 Å². The molecule has 2 N–H and O–H groups in total. The SMILES string of the molecule is CCNC(=NCCCCCCC(=O)OCC)NCCN1CCCCC1. The Morgan fingerprint density at radius 3 is 2.52 bits per heavy atom. The maximum atomic E-state index is 11.2. The fraction of sp³-hybridized carbons (Fsp3) is 0.895. The summed E-state index contributed by atoms with van der Waals surface area (Å²) in [5.41, 5.74) is 0. The lowest BCUT2D eigenvalue weighted by Crippen LogP contribution is -2.42. The number of carbonyl (C=O) groups excluding carboxylic acids is 1. The fourth-order valence-electron chi connectivity index (χ4n) is 3.02. The van der Waals surface area contributed by atoms with E-state index in [-0.39, 0.29) is 5.97 Å². The van der Waals surface area contributed by atoms with Gasteiger partial charge in [-0.1, -0.05) is 19.3 Å². The van der Waals surface area contributed by atoms with Gasteiger partial charge in [-0.2, -0.15) is 0 Å². The van der Waals surface area contributed by atoms with Gasteiger partial charge in [-0.15, -0.1) is 0 Å². The molecule has 1 saturated heterocycles. The van der Waals surface area contributed by atoms with Crippen LogP contribution in [0.5, 0.6) is 0 Å². The molecule has 0 amide bonds. The number of hydrogen-bond acceptors (Lipinski definition) is 4. The molecule has 25 heavy (non-hydrogen) atoms. The number of ether oxygens (including phenoxy) is 1. The van der Waals surface area contributed by atoms with E-state index in [1.54, 1.807) is 0 Å². The van der Waals surface area contributed by atoms with Crippen molar-refractivity contribution in [3.63, 3.8) is 0 Å². The van der Waals surface area contributed by atoms with Crippen LogP contribution in [0, 0.1) is 0 Å². The molecule has 0 aromatic heterocycles. The first kappa shape index (κ1) is 21.7. The van der Waals surface area contributed by atoms with Crippen molar-refractivity contribution in [2.45, 2.75) is 65.2 Å². The molecule has 1 rings (SSSR count). The Hall–Kier alpha value is -1.30. The van der Waals surface area contributed by atoms with E-state index in [1.165, 1.54) is 32.4 Å². The molecular formula is C19H38N4O2. The Morgan fingerprint density at radius 1 is 1.04 bits per heavy atom. The highest BCUT2D eigenvalue weighted by Gasteiger charge is 2.09. The number of hydrogen-bond donors (Lipinski definition) is 2. The van der Waals surface area contributed by atoms with Gasteiger partial charge in [0.2, 0.25) is 0 Å². The van der Waals surface area contributed by atoms with E-state index in [2.05, 4.69) is 27.4 Å². The van der Waals surface area contributed by atoms with Crippen LogP contribution in [-0.4, -0.2) is 62.7 Å². The van der Waals surface area contributed by atoms with E-state index in [1.807, 2.05) is 6.92 Å². The summed E-state index contributed by atoms with van der Waals surface area (Å²) >= 11 is 0. The second kappa shape index (κ2) is 15.0. The summed E-state index contributed by atoms with van der Waals surface area (Å²) in [6.07, 6.45) is 8.74. The molecule has 0 unspecified atom stereocenters. The number of carbonyl (C=O) groups is 1. The van der Waals surface area contributed by atoms with Gasteiger partial charge < -0.3 is 20.3 Å². The molecule has 1 fully saturated rings. The molecule has 0 aromatic rings. The number of piperidine rings is 1. The molecule has 0 bridgehead atoms. The Labute approximate surface area is 153 Å². The topological polar surface area (TPSA) is 66.0 Å². The highest BCUT2D eigenvalue weighted by atomic mass is 16.5. The monoisotopic (exact) mass is 354 g/mol. The van der Waals surface area contributed by atoms with E-state index in [0.29, 0.717) is 13.0 Å². The first-order chi connectivity index (χ1) is 12.3. The van der Waals surface area contributed by atoms with Crippen LogP contribution in [0.3, 0.4) is 0 Å². The molecule has 6 heteroatoms. The van der Waals surface area contributed by atoms with Crippen LogP contribution >= 0.6 is 0 Å². The summed E-state index contributed by atoms with van der Waals surface area (Å²) in [6, 6.07) is 0. The van der Waals surface area contributed by atoms with E-state index in [9.17, 15) is 4.79 Å². The molecule has 0 radical (unpaired) electrons. The molecule has 0 saturated carbocycles. The van der Waals surface area contributed by atoms with E-state index < -0.39 is 0 Å². The maximum Gasteiger partial charge on any atom is 0.305 e. The quantitative estimate of drug-likeness (QED) is 0.244. The van der Waals surface area contributed by atoms with Crippen molar-refractivity contribution in [1.29, 1.82) is 0 Å². The largest absolute Gasteiger partial charge is 0.466 e. The van der Waals surface area contributed by atoms with Crippen molar-refractivity contribution in [1.82, 2.24) is 15.5 Å². The highest BCUT2D eigenvalue weighted by molar-refractivity contribution is 5.79. The lowest BCUT2D eigenvalue weighted by Gasteiger charge is -2.26. The van der Waals surface area contributed by atoms with E-state index in [4.69, 9.17) is 4.74 Å². The maximum absolute atomic E-state index is 11.2. The van der Waals surface area contributed by atoms with Crippen molar-refractivity contribution < 1.29 is 9.53 Å². The van der Waals surface area contributed by atoms with Crippen molar-refractivity contribution in [2.75, 3.05) is 45.9 Å². The van der Waals surface area contributed by atoms with Crippen LogP contribution < -0.4 is 10.6 Å². The Balaban J connectivity index is 2.07. The first-order valence-corrected chi connectivity index (χ1v) is 10.2. The van der Waals surface area contributed by atoms with Gasteiger partial charge >= 0.3 is 5.97 Å². The lowest BCUT2D eigenvalue weighted by atomic mass is 10.1. The van der Waals surface area contributed by atoms with Gasteiger partial charge in [0.15, 0.2) is 5.96 Å². The number of nitrogens with one attached hydrogen (secondary N) is 2. The predicted octanol–water partition coefficient (Wildman–Crippen LogP) is 2.54. The minimum absolute atomic E-state index is 0.0761. The third-order valence-corrected chi connectivity index (χ3v) is 4.38. The number of likely N-dealkylation sites (tertiary alicyclic amines) is 1. The van der Waals surface area contributed by atoms with Gasteiger partial charge in [-0.25, -0.2) is 0 Å². The van der Waals surface area contributed by atoms with Gasteiger partial charge in [-0.3, -0.25) is 9.79 Å². The van der Waals surface area contributed by atoms with Crippen molar-refractivity contribution in [3.8, 4) is 0 Å². The minimum Gasteiger partial charge on any atom is -0.466 e. The van der Waals surface area contributed by atoms with Gasteiger partial charge in [-0.05, 0) is 52.6 Å². The molecule has 0 atom stereocenters. The van der Waals surface area contributed by atoms with Crippen LogP contribution in [0.15, 0.2) is 4.99 Å². The molecule has 0 spiro atoms. The summed E-state index contributed by atoms with van der Waals surface area (Å²) in [7, 11) is 0. The summed E-state index contributed by atoms with van der Waals surface area (Å²) in [6.45, 7) is 10.7. The van der Waals surface area contributed by atoms with Crippen LogP contribution in [0.2, 0.25) is 0 Å². The van der Waals surface area contributed by atoms with E-state index in [0.717, 1.165) is 57.8 Å². The fourth-order valence-corrected chi connectivity index (χ4v) is 3.02. The zero-order valence-corrected chi connectivity index (χ0v) is 16.3. The highest BCUT2D eigenvalue weighted by Crippen LogP contribution is 2.07. The van der Waals surface area contributed by atoms with Crippen LogP contribution in [0.4, 0.5) is 0 Å². The number of esters is 1. The second-order valence-corrected chi connectivity index (χ2v) is 6.56. The van der Waals surface area contributed by atoms with Gasteiger partial charge in [0.05, 0.1) is 6.61 Å². The molecule has 6 nitrogen and oxygen atoms in total. The van der Waals surface area contributed by atoms with Crippen LogP contribution in [0.1, 0.15) is 65.2 Å². The van der Waals surface area contributed by atoms with Gasteiger partial charge in [0.1, 0.15) is 0 Å². The van der Waals surface area contributed by atoms with Crippen molar-refractivity contribution in [2.24, 2.45) is 4.99 Å². The zero-order chi connectivity index (χ0) is 18.2. The lowest BCUT2D eigenvalue weighted by molar-refractivity contribution is -0.143. The molecular weight excluding hydrogens is 316 g/mol. The average molecular weight is 355 g/mol. The summed E-state index contributed by atoms with van der Waals surface area (Å²) in [5, 5.41) is 6.75. The standard InChI is InChI=1S/C19H38N4O2/c1-3-20-19(22-14-17-23-15-10-7-11-16-23)21-13-9-6-5-8-12-18(24)25-4-2/h3-17H2,1-2H3,(H2,20,21,22). The summed E-state index contributed by atoms with van der Waals surface area (Å²) in [5.74, 6) is 0.846. The Kier molecular flexibility index (Phi) is 13.0. The first-order valence-electron chi connectivity index (χ1n) is 10.2. The zero-order valence-electron chi connectivity index (χ0n) is 16.3. The third-order valence-electron chi connectivity index (χ3n) is 4.38. The number of rotatable bonds is 12. The minimum atomic E-state index is -0.0761. The summed E-state index contributed by atoms with van der Waals surface area (Å²) in [4.78, 5) is 18.4. The second-order valence-electron chi connectivity index (χ2n) is 6.56. The molecule has 0 aromatic carbocycles. The van der Waals surface area contributed by atoms with Gasteiger partial charge in [0, 0.05) is 32.6 Å². The van der Waals surface area contributed by atoms with Gasteiger partial charge in [0.25, 0.3) is 0 Å². The predicted molar refractivity (Wildman–Crippen MR) is 104 cm³/mol. The van der Waals surface area contributed by atoms with Crippen molar-refractivity contribution in [3.05, 3.63) is 0 Å². The molecule has 1 heterocycles. The number of nitrogens with zero attached hydrogens (tertiary/aromatic N) is 2. The molecule has 0 aliphatic carbocycles. The van der Waals surface area contributed by atoms with Crippen LogP contribution in [-0.2, 0) is 9.53 Å². The smallest absolute Gasteiger partial charge is 0.305 e. The molecule has 1 aliphatic rings. The normalized spacial score (nSPS) is 15.8. The number of unbranched alkanes of at least 4 members (excludes halogenated alkanes) is 3. The Morgan fingerprint density at radius 2 is 1.80 bits per heavy atom. The van der Waals surface area contributed by atoms with E-state index >= 15 is 0 Å².